The number of primary amides is 2. The number of hydrogen-bond donors (Lipinski definition) is 2. The molecule has 0 unspecified atom stereocenters. The third kappa shape index (κ3) is 36.6. The van der Waals surface area contributed by atoms with Crippen LogP contribution in [0.2, 0.25) is 0 Å². The number of carbonyl (C=O) groups is 2. The molecule has 4 nitrogen and oxygen atoms in total. The molecule has 4 N–H and O–H groups in total. The molecule has 44 heavy (non-hydrogen) atoms. The molecule has 0 aliphatic heterocycles. The van der Waals surface area contributed by atoms with Gasteiger partial charge in [-0.3, -0.25) is 9.59 Å². The summed E-state index contributed by atoms with van der Waals surface area (Å²) < 4.78 is 0. The number of unbranched alkanes of at least 4 members (excludes halogenated alkanes) is 22. The third-order valence-electron chi connectivity index (χ3n) is 9.08. The van der Waals surface area contributed by atoms with Gasteiger partial charge < -0.3 is 11.5 Å². The molecule has 0 saturated carbocycles. The van der Waals surface area contributed by atoms with Crippen LogP contribution in [0.3, 0.4) is 0 Å². The Balaban J connectivity index is 3.45. The van der Waals surface area contributed by atoms with E-state index in [1.165, 1.54) is 167 Å². The van der Waals surface area contributed by atoms with Gasteiger partial charge in [0.2, 0.25) is 11.8 Å². The molecule has 0 spiro atoms. The first kappa shape index (κ1) is 42.4. The molecule has 0 aromatic carbocycles. The van der Waals surface area contributed by atoms with Crippen LogP contribution < -0.4 is 11.5 Å². The first-order valence-corrected chi connectivity index (χ1v) is 19.4. The van der Waals surface area contributed by atoms with E-state index in [0.29, 0.717) is 12.8 Å². The minimum absolute atomic E-state index is 0.164. The van der Waals surface area contributed by atoms with Crippen molar-refractivity contribution in [1.29, 1.82) is 0 Å². The molecule has 0 aromatic heterocycles. The van der Waals surface area contributed by atoms with E-state index in [9.17, 15) is 9.59 Å². The second-order valence-corrected chi connectivity index (χ2v) is 13.5. The lowest BCUT2D eigenvalue weighted by Gasteiger charge is -2.16. The lowest BCUT2D eigenvalue weighted by Crippen LogP contribution is -2.09. The van der Waals surface area contributed by atoms with E-state index in [0.717, 1.165) is 31.6 Å². The topological polar surface area (TPSA) is 86.2 Å². The van der Waals surface area contributed by atoms with Gasteiger partial charge in [0.25, 0.3) is 0 Å². The van der Waals surface area contributed by atoms with Gasteiger partial charge >= 0.3 is 0 Å². The van der Waals surface area contributed by atoms with Gasteiger partial charge in [0.1, 0.15) is 0 Å². The largest absolute Gasteiger partial charge is 0.370 e. The van der Waals surface area contributed by atoms with Crippen molar-refractivity contribution in [2.75, 3.05) is 0 Å². The van der Waals surface area contributed by atoms with E-state index in [1.807, 2.05) is 0 Å². The summed E-state index contributed by atoms with van der Waals surface area (Å²) in [5, 5.41) is 0. The zero-order valence-corrected chi connectivity index (χ0v) is 29.5. The molecule has 4 heteroatoms. The van der Waals surface area contributed by atoms with Crippen molar-refractivity contribution in [3.8, 4) is 0 Å². The minimum Gasteiger partial charge on any atom is -0.370 e. The minimum atomic E-state index is -0.164. The average molecular weight is 617 g/mol. The summed E-state index contributed by atoms with van der Waals surface area (Å²) in [7, 11) is 0. The Morgan fingerprint density at radius 1 is 0.409 bits per heavy atom. The van der Waals surface area contributed by atoms with Crippen LogP contribution in [-0.2, 0) is 9.59 Å². The van der Waals surface area contributed by atoms with E-state index in [2.05, 4.69) is 31.2 Å². The monoisotopic (exact) mass is 617 g/mol. The molecule has 0 bridgehead atoms. The second-order valence-electron chi connectivity index (χ2n) is 13.5. The van der Waals surface area contributed by atoms with E-state index in [1.54, 1.807) is 0 Å². The maximum absolute atomic E-state index is 10.7. The molecule has 0 aliphatic rings. The van der Waals surface area contributed by atoms with Crippen LogP contribution in [-0.4, -0.2) is 11.8 Å². The molecule has 0 rings (SSSR count). The van der Waals surface area contributed by atoms with E-state index < -0.39 is 0 Å². The Morgan fingerprint density at radius 3 is 0.977 bits per heavy atom. The van der Waals surface area contributed by atoms with Crippen molar-refractivity contribution >= 4 is 11.8 Å². The molecule has 0 saturated heterocycles. The third-order valence-corrected chi connectivity index (χ3v) is 9.08. The summed E-state index contributed by atoms with van der Waals surface area (Å²) in [6.07, 6.45) is 49.9. The van der Waals surface area contributed by atoms with Crippen LogP contribution in [0.4, 0.5) is 0 Å². The molecule has 0 radical (unpaired) electrons. The normalized spacial score (nSPS) is 11.9. The summed E-state index contributed by atoms with van der Waals surface area (Å²) in [6, 6.07) is 0. The zero-order valence-electron chi connectivity index (χ0n) is 29.5. The Labute approximate surface area is 275 Å². The highest BCUT2D eigenvalue weighted by molar-refractivity contribution is 5.73. The molecule has 2 amide bonds. The van der Waals surface area contributed by atoms with E-state index >= 15 is 0 Å². The van der Waals surface area contributed by atoms with Crippen molar-refractivity contribution in [3.05, 3.63) is 24.3 Å². The highest BCUT2D eigenvalue weighted by Crippen LogP contribution is 2.23. The molecule has 0 fully saturated rings. The summed E-state index contributed by atoms with van der Waals surface area (Å²) in [4.78, 5) is 21.4. The standard InChI is InChI=1S/C40H76N2O2/c1-2-33-38(34-29-25-21-17-13-9-5-3-7-11-15-19-23-27-31-36-39(41)43)35-30-26-22-18-14-10-6-4-8-12-16-20-24-28-32-37-40(42)44/h3-4,7-8,38H,2,5-6,9-37H2,1H3,(H2,41,43)(H2,42,44)/b7-3-,8-4-. The Hall–Kier alpha value is -1.58. The quantitative estimate of drug-likeness (QED) is 0.0542. The maximum atomic E-state index is 10.7. The van der Waals surface area contributed by atoms with Crippen LogP contribution in [0.15, 0.2) is 24.3 Å². The Bertz CT molecular complexity index is 618. The van der Waals surface area contributed by atoms with Gasteiger partial charge in [-0.05, 0) is 70.1 Å². The molecule has 0 aliphatic carbocycles. The van der Waals surface area contributed by atoms with Crippen LogP contribution in [0.1, 0.15) is 212 Å². The maximum Gasteiger partial charge on any atom is 0.217 e. The summed E-state index contributed by atoms with van der Waals surface area (Å²) in [6.45, 7) is 2.36. The fourth-order valence-electron chi connectivity index (χ4n) is 6.30. The lowest BCUT2D eigenvalue weighted by atomic mass is 9.90. The van der Waals surface area contributed by atoms with Crippen LogP contribution in [0.5, 0.6) is 0 Å². The van der Waals surface area contributed by atoms with Gasteiger partial charge in [0.05, 0.1) is 0 Å². The van der Waals surface area contributed by atoms with Crippen molar-refractivity contribution in [2.24, 2.45) is 17.4 Å². The predicted octanol–water partition coefficient (Wildman–Crippen LogP) is 12.2. The molecular weight excluding hydrogens is 540 g/mol. The summed E-state index contributed by atoms with van der Waals surface area (Å²) >= 11 is 0. The predicted molar refractivity (Wildman–Crippen MR) is 194 cm³/mol. The second kappa shape index (κ2) is 35.9. The van der Waals surface area contributed by atoms with Crippen molar-refractivity contribution in [2.45, 2.75) is 212 Å². The van der Waals surface area contributed by atoms with Crippen molar-refractivity contribution < 1.29 is 9.59 Å². The van der Waals surface area contributed by atoms with Gasteiger partial charge in [0.15, 0.2) is 0 Å². The van der Waals surface area contributed by atoms with Crippen LogP contribution in [0.25, 0.3) is 0 Å². The molecular formula is C40H76N2O2. The van der Waals surface area contributed by atoms with Gasteiger partial charge in [-0.2, -0.15) is 0 Å². The number of amides is 2. The molecule has 0 heterocycles. The van der Waals surface area contributed by atoms with Gasteiger partial charge in [0, 0.05) is 12.8 Å². The van der Waals surface area contributed by atoms with Crippen molar-refractivity contribution in [1.82, 2.24) is 0 Å². The first-order valence-electron chi connectivity index (χ1n) is 19.4. The SMILES string of the molecule is CCCC(CCCCCCCC/C=C\CCCCCCCC(N)=O)CCCCCCCC/C=C\CCCCCCCC(N)=O. The van der Waals surface area contributed by atoms with Gasteiger partial charge in [-0.25, -0.2) is 0 Å². The number of nitrogens with two attached hydrogens (primary N) is 2. The zero-order chi connectivity index (χ0) is 32.2. The van der Waals surface area contributed by atoms with Gasteiger partial charge in [-0.1, -0.05) is 160 Å². The van der Waals surface area contributed by atoms with Crippen LogP contribution >= 0.6 is 0 Å². The van der Waals surface area contributed by atoms with E-state index in [-0.39, 0.29) is 11.8 Å². The van der Waals surface area contributed by atoms with Crippen LogP contribution in [0, 0.1) is 5.92 Å². The highest BCUT2D eigenvalue weighted by atomic mass is 16.1. The lowest BCUT2D eigenvalue weighted by molar-refractivity contribution is -0.119. The Kier molecular flexibility index (Phi) is 34.6. The number of hydrogen-bond acceptors (Lipinski definition) is 2. The highest BCUT2D eigenvalue weighted by Gasteiger charge is 2.07. The smallest absolute Gasteiger partial charge is 0.217 e. The fourth-order valence-corrected chi connectivity index (χ4v) is 6.30. The fraction of sp³-hybridized carbons (Fsp3) is 0.850. The van der Waals surface area contributed by atoms with E-state index in [4.69, 9.17) is 11.5 Å². The summed E-state index contributed by atoms with van der Waals surface area (Å²) in [5.41, 5.74) is 10.4. The molecule has 258 valence electrons. The van der Waals surface area contributed by atoms with Gasteiger partial charge in [-0.15, -0.1) is 0 Å². The summed E-state index contributed by atoms with van der Waals surface area (Å²) in [5.74, 6) is 0.644. The first-order chi connectivity index (χ1) is 21.6. The molecule has 0 atom stereocenters. The Morgan fingerprint density at radius 2 is 0.682 bits per heavy atom. The number of allylic oxidation sites excluding steroid dienone is 4. The molecule has 0 aromatic rings. The number of carbonyl (C=O) groups excluding carboxylic acids is 2. The average Bonchev–Trinajstić information content (AvgIpc) is 2.99. The van der Waals surface area contributed by atoms with Crippen molar-refractivity contribution in [3.63, 3.8) is 0 Å². The number of rotatable bonds is 36.